The predicted octanol–water partition coefficient (Wildman–Crippen LogP) is 1.62. The lowest BCUT2D eigenvalue weighted by atomic mass is 10.2. The van der Waals surface area contributed by atoms with Crippen LogP contribution in [0.5, 0.6) is 0 Å². The summed E-state index contributed by atoms with van der Waals surface area (Å²) in [6.45, 7) is 0. The fourth-order valence-electron chi connectivity index (χ4n) is 2.20. The molecule has 1 fully saturated rings. The van der Waals surface area contributed by atoms with E-state index in [9.17, 15) is 13.6 Å². The molecule has 3 rings (SSSR count). The Labute approximate surface area is 119 Å². The summed E-state index contributed by atoms with van der Waals surface area (Å²) in [5.41, 5.74) is -0.583. The summed E-state index contributed by atoms with van der Waals surface area (Å²) < 4.78 is 28.6. The summed E-state index contributed by atoms with van der Waals surface area (Å²) in [4.78, 5) is 12.1. The molecule has 0 bridgehead atoms. The van der Waals surface area contributed by atoms with Gasteiger partial charge in [0.05, 0.1) is 11.8 Å². The molecule has 112 valence electrons. The van der Waals surface area contributed by atoms with Gasteiger partial charge >= 0.3 is 0 Å². The average molecular weight is 296 g/mol. The number of nitrogens with one attached hydrogen (secondary N) is 1. The second-order valence-corrected chi connectivity index (χ2v) is 5.04. The van der Waals surface area contributed by atoms with Gasteiger partial charge in [-0.15, -0.1) is 10.2 Å². The van der Waals surface area contributed by atoms with Crippen LogP contribution in [0.1, 0.15) is 47.1 Å². The molecule has 2 aromatic rings. The Kier molecular flexibility index (Phi) is 3.19. The Bertz CT molecular complexity index is 688. The Balaban J connectivity index is 1.83. The lowest BCUT2D eigenvalue weighted by Gasteiger charge is -2.06. The maximum Gasteiger partial charge on any atom is 0.280 e. The third-order valence-corrected chi connectivity index (χ3v) is 3.51. The highest BCUT2D eigenvalue weighted by molar-refractivity contribution is 6.04. The van der Waals surface area contributed by atoms with Gasteiger partial charge in [0, 0.05) is 20.0 Å². The Morgan fingerprint density at radius 1 is 1.38 bits per heavy atom. The van der Waals surface area contributed by atoms with Gasteiger partial charge < -0.3 is 0 Å². The molecule has 0 saturated heterocycles. The lowest BCUT2D eigenvalue weighted by molar-refractivity contribution is 0.100. The molecule has 0 spiro atoms. The van der Waals surface area contributed by atoms with E-state index in [0.717, 1.165) is 29.5 Å². The van der Waals surface area contributed by atoms with Crippen LogP contribution in [-0.4, -0.2) is 30.5 Å². The van der Waals surface area contributed by atoms with Crippen molar-refractivity contribution in [3.05, 3.63) is 23.3 Å². The van der Waals surface area contributed by atoms with Crippen molar-refractivity contribution in [2.75, 3.05) is 5.32 Å². The van der Waals surface area contributed by atoms with Crippen LogP contribution in [0, 0.1) is 0 Å². The molecule has 1 saturated carbocycles. The largest absolute Gasteiger partial charge is 0.300 e. The number of carbonyl (C=O) groups is 1. The molecule has 0 aliphatic heterocycles. The number of carbonyl (C=O) groups excluding carboxylic acids is 1. The van der Waals surface area contributed by atoms with E-state index in [2.05, 4.69) is 20.6 Å². The summed E-state index contributed by atoms with van der Waals surface area (Å²) >= 11 is 0. The number of alkyl halides is 2. The van der Waals surface area contributed by atoms with Gasteiger partial charge in [0.2, 0.25) is 5.95 Å². The predicted molar refractivity (Wildman–Crippen MR) is 69.1 cm³/mol. The molecule has 9 heteroatoms. The minimum Gasteiger partial charge on any atom is -0.300 e. The molecule has 7 nitrogen and oxygen atoms in total. The van der Waals surface area contributed by atoms with E-state index in [1.807, 2.05) is 0 Å². The van der Waals surface area contributed by atoms with Crippen molar-refractivity contribution in [2.45, 2.75) is 25.2 Å². The van der Waals surface area contributed by atoms with Crippen LogP contribution in [0.4, 0.5) is 14.7 Å². The average Bonchev–Trinajstić information content (AvgIpc) is 3.10. The van der Waals surface area contributed by atoms with Gasteiger partial charge in [0.1, 0.15) is 11.5 Å². The second-order valence-electron chi connectivity index (χ2n) is 5.04. The number of hydrogen-bond donors (Lipinski definition) is 1. The lowest BCUT2D eigenvalue weighted by Crippen LogP contribution is -2.17. The molecule has 1 N–H and O–H groups in total. The van der Waals surface area contributed by atoms with Gasteiger partial charge in [0.15, 0.2) is 0 Å². The number of aryl methyl sites for hydroxylation is 1. The smallest absolute Gasteiger partial charge is 0.280 e. The molecule has 2 heterocycles. The normalized spacial score (nSPS) is 14.7. The van der Waals surface area contributed by atoms with Crippen LogP contribution in [0.25, 0.3) is 0 Å². The van der Waals surface area contributed by atoms with Gasteiger partial charge in [-0.3, -0.25) is 19.4 Å². The van der Waals surface area contributed by atoms with Crippen LogP contribution >= 0.6 is 0 Å². The topological polar surface area (TPSA) is 77.6 Å². The Hall–Kier alpha value is -2.32. The monoisotopic (exact) mass is 296 g/mol. The number of amides is 1. The van der Waals surface area contributed by atoms with Crippen molar-refractivity contribution >= 4 is 11.9 Å². The zero-order valence-corrected chi connectivity index (χ0v) is 11.5. The van der Waals surface area contributed by atoms with Crippen LogP contribution < -0.4 is 5.32 Å². The van der Waals surface area contributed by atoms with Gasteiger partial charge in [-0.25, -0.2) is 8.78 Å². The SMILES string of the molecule is Cn1ncc(C(=O)Nc2nnc(C3CC3)n2C)c1C(F)F. The summed E-state index contributed by atoms with van der Waals surface area (Å²) in [6, 6.07) is 0. The molecule has 21 heavy (non-hydrogen) atoms. The summed E-state index contributed by atoms with van der Waals surface area (Å²) in [7, 11) is 3.10. The third kappa shape index (κ3) is 2.39. The number of halogens is 2. The summed E-state index contributed by atoms with van der Waals surface area (Å²) in [6.07, 6.45) is 0.449. The number of nitrogens with zero attached hydrogens (tertiary/aromatic N) is 5. The first-order valence-electron chi connectivity index (χ1n) is 6.49. The van der Waals surface area contributed by atoms with E-state index in [0.29, 0.717) is 5.92 Å². The molecule has 1 amide bonds. The molecule has 0 atom stereocenters. The first-order valence-corrected chi connectivity index (χ1v) is 6.49. The highest BCUT2D eigenvalue weighted by atomic mass is 19.3. The standard InChI is InChI=1S/C12H14F2N6O/c1-19-10(6-3-4-6)17-18-12(19)16-11(21)7-5-15-20(2)8(7)9(13)14/h5-6,9H,3-4H2,1-2H3,(H,16,18,21). The Morgan fingerprint density at radius 3 is 2.71 bits per heavy atom. The van der Waals surface area contributed by atoms with Gasteiger partial charge in [-0.2, -0.15) is 5.10 Å². The van der Waals surface area contributed by atoms with Gasteiger partial charge in [-0.1, -0.05) is 0 Å². The van der Waals surface area contributed by atoms with Crippen LogP contribution in [-0.2, 0) is 14.1 Å². The quantitative estimate of drug-likeness (QED) is 0.930. The van der Waals surface area contributed by atoms with Crippen molar-refractivity contribution in [3.8, 4) is 0 Å². The van der Waals surface area contributed by atoms with Crippen LogP contribution in [0.15, 0.2) is 6.20 Å². The molecule has 0 unspecified atom stereocenters. The van der Waals surface area contributed by atoms with Gasteiger partial charge in [0.25, 0.3) is 12.3 Å². The minimum atomic E-state index is -2.78. The van der Waals surface area contributed by atoms with E-state index in [1.165, 1.54) is 7.05 Å². The molecule has 0 radical (unpaired) electrons. The first kappa shape index (κ1) is 13.7. The van der Waals surface area contributed by atoms with E-state index < -0.39 is 18.0 Å². The highest BCUT2D eigenvalue weighted by Gasteiger charge is 2.30. The van der Waals surface area contributed by atoms with E-state index >= 15 is 0 Å². The van der Waals surface area contributed by atoms with E-state index in [1.54, 1.807) is 11.6 Å². The number of anilines is 1. The molecule has 2 aromatic heterocycles. The number of aromatic nitrogens is 5. The molecular formula is C12H14F2N6O. The van der Waals surface area contributed by atoms with Crippen molar-refractivity contribution < 1.29 is 13.6 Å². The second kappa shape index (κ2) is 4.90. The molecule has 0 aromatic carbocycles. The zero-order chi connectivity index (χ0) is 15.1. The fraction of sp³-hybridized carbons (Fsp3) is 0.500. The van der Waals surface area contributed by atoms with Crippen molar-refractivity contribution in [3.63, 3.8) is 0 Å². The summed E-state index contributed by atoms with van der Waals surface area (Å²) in [5.74, 6) is 0.746. The van der Waals surface area contributed by atoms with Crippen LogP contribution in [0.2, 0.25) is 0 Å². The van der Waals surface area contributed by atoms with E-state index in [4.69, 9.17) is 0 Å². The zero-order valence-electron chi connectivity index (χ0n) is 11.5. The van der Waals surface area contributed by atoms with E-state index in [-0.39, 0.29) is 11.5 Å². The maximum absolute atomic E-state index is 12.9. The molecule has 1 aliphatic rings. The number of hydrogen-bond acceptors (Lipinski definition) is 4. The van der Waals surface area contributed by atoms with Crippen molar-refractivity contribution in [1.29, 1.82) is 0 Å². The summed E-state index contributed by atoms with van der Waals surface area (Å²) in [5, 5.41) is 14.1. The number of rotatable bonds is 4. The molecular weight excluding hydrogens is 282 g/mol. The Morgan fingerprint density at radius 2 is 2.10 bits per heavy atom. The first-order chi connectivity index (χ1) is 9.99. The van der Waals surface area contributed by atoms with Crippen LogP contribution in [0.3, 0.4) is 0 Å². The molecule has 1 aliphatic carbocycles. The maximum atomic E-state index is 12.9. The van der Waals surface area contributed by atoms with Crippen molar-refractivity contribution in [2.24, 2.45) is 14.1 Å². The fourth-order valence-corrected chi connectivity index (χ4v) is 2.20. The van der Waals surface area contributed by atoms with Gasteiger partial charge in [-0.05, 0) is 12.8 Å². The highest BCUT2D eigenvalue weighted by Crippen LogP contribution is 2.39. The third-order valence-electron chi connectivity index (χ3n) is 3.51. The minimum absolute atomic E-state index is 0.163. The van der Waals surface area contributed by atoms with Crippen molar-refractivity contribution in [1.82, 2.24) is 24.5 Å².